The van der Waals surface area contributed by atoms with Crippen LogP contribution >= 0.6 is 10.7 Å². The maximum Gasteiger partial charge on any atom is 0.404 e. The van der Waals surface area contributed by atoms with Crippen LogP contribution in [0, 0.1) is 5.21 Å². The predicted octanol–water partition coefficient (Wildman–Crippen LogP) is 0.0341. The largest absolute Gasteiger partial charge is 0.618 e. The van der Waals surface area contributed by atoms with Crippen LogP contribution in [0.3, 0.4) is 0 Å². The third kappa shape index (κ3) is 2.57. The zero-order valence-corrected chi connectivity index (χ0v) is 9.08. The average molecular weight is 252 g/mol. The Morgan fingerprint density at radius 2 is 2.20 bits per heavy atom. The summed E-state index contributed by atoms with van der Waals surface area (Å²) in [5.41, 5.74) is -0.445. The molecule has 0 aromatic carbocycles. The van der Waals surface area contributed by atoms with E-state index in [2.05, 4.69) is 4.74 Å². The Labute approximate surface area is 90.0 Å². The monoisotopic (exact) mass is 251 g/mol. The summed E-state index contributed by atoms with van der Waals surface area (Å²) in [6.45, 7) is 0. The highest BCUT2D eigenvalue weighted by Crippen LogP contribution is 2.14. The van der Waals surface area contributed by atoms with Crippen molar-refractivity contribution in [2.75, 3.05) is 7.11 Å². The van der Waals surface area contributed by atoms with Crippen molar-refractivity contribution in [2.45, 2.75) is 4.90 Å². The minimum absolute atomic E-state index is 0.192. The molecule has 0 saturated carbocycles. The highest BCUT2D eigenvalue weighted by atomic mass is 35.7. The van der Waals surface area contributed by atoms with Gasteiger partial charge in [0.25, 0.3) is 9.05 Å². The van der Waals surface area contributed by atoms with E-state index < -0.39 is 20.7 Å². The van der Waals surface area contributed by atoms with Crippen LogP contribution in [0.2, 0.25) is 0 Å². The number of halogens is 1. The first-order valence-corrected chi connectivity index (χ1v) is 5.93. The minimum atomic E-state index is -3.97. The number of pyridine rings is 1. The SMILES string of the molecule is COC(=O)c1cc(S(=O)(=O)Cl)cc[n+]1[O-]. The molecule has 1 aromatic heterocycles. The molecule has 0 bridgehead atoms. The summed E-state index contributed by atoms with van der Waals surface area (Å²) in [6.07, 6.45) is 0.863. The molecule has 6 nitrogen and oxygen atoms in total. The second-order valence-electron chi connectivity index (χ2n) is 2.50. The number of hydrogen-bond acceptors (Lipinski definition) is 5. The Hall–Kier alpha value is -1.34. The fourth-order valence-corrected chi connectivity index (χ4v) is 1.64. The third-order valence-electron chi connectivity index (χ3n) is 1.57. The van der Waals surface area contributed by atoms with Crippen LogP contribution in [0.4, 0.5) is 0 Å². The number of ether oxygens (including phenoxy) is 1. The molecule has 0 atom stereocenters. The highest BCUT2D eigenvalue weighted by molar-refractivity contribution is 8.13. The van der Waals surface area contributed by atoms with E-state index >= 15 is 0 Å². The Morgan fingerprint density at radius 1 is 1.60 bits per heavy atom. The van der Waals surface area contributed by atoms with E-state index in [0.717, 1.165) is 25.4 Å². The Balaban J connectivity index is 3.36. The van der Waals surface area contributed by atoms with Gasteiger partial charge in [0.05, 0.1) is 12.0 Å². The average Bonchev–Trinajstić information content (AvgIpc) is 2.15. The molecular formula is C7H6ClNO5S. The van der Waals surface area contributed by atoms with E-state index in [4.69, 9.17) is 10.7 Å². The summed E-state index contributed by atoms with van der Waals surface area (Å²) in [7, 11) is 2.14. The second kappa shape index (κ2) is 4.03. The van der Waals surface area contributed by atoms with Crippen molar-refractivity contribution in [3.8, 4) is 0 Å². The van der Waals surface area contributed by atoms with Crippen molar-refractivity contribution in [1.82, 2.24) is 0 Å². The third-order valence-corrected chi connectivity index (χ3v) is 2.92. The van der Waals surface area contributed by atoms with Crippen LogP contribution in [-0.2, 0) is 13.8 Å². The van der Waals surface area contributed by atoms with Crippen LogP contribution in [0.15, 0.2) is 23.2 Å². The smallest absolute Gasteiger partial charge is 0.404 e. The molecule has 0 N–H and O–H groups in total. The van der Waals surface area contributed by atoms with Gasteiger partial charge in [0.15, 0.2) is 6.20 Å². The molecule has 0 spiro atoms. The highest BCUT2D eigenvalue weighted by Gasteiger charge is 2.21. The molecule has 0 aliphatic rings. The first-order chi connectivity index (χ1) is 6.86. The molecule has 15 heavy (non-hydrogen) atoms. The Morgan fingerprint density at radius 3 is 2.67 bits per heavy atom. The maximum absolute atomic E-state index is 11.1. The number of carbonyl (C=O) groups is 1. The van der Waals surface area contributed by atoms with E-state index in [1.165, 1.54) is 0 Å². The van der Waals surface area contributed by atoms with E-state index in [0.29, 0.717) is 0 Å². The Kier molecular flexibility index (Phi) is 3.15. The molecule has 1 rings (SSSR count). The van der Waals surface area contributed by atoms with Gasteiger partial charge in [-0.05, 0) is 0 Å². The second-order valence-corrected chi connectivity index (χ2v) is 5.07. The van der Waals surface area contributed by atoms with Gasteiger partial charge in [0, 0.05) is 22.8 Å². The van der Waals surface area contributed by atoms with Gasteiger partial charge < -0.3 is 9.94 Å². The van der Waals surface area contributed by atoms with Crippen LogP contribution in [0.5, 0.6) is 0 Å². The van der Waals surface area contributed by atoms with Crippen molar-refractivity contribution >= 4 is 25.7 Å². The summed E-state index contributed by atoms with van der Waals surface area (Å²) < 4.78 is 26.3. The fourth-order valence-electron chi connectivity index (χ4n) is 0.873. The van der Waals surface area contributed by atoms with Crippen molar-refractivity contribution in [1.29, 1.82) is 0 Å². The number of hydrogen-bond donors (Lipinski definition) is 0. The summed E-state index contributed by atoms with van der Waals surface area (Å²) in [5.74, 6) is -0.938. The topological polar surface area (TPSA) is 87.4 Å². The first-order valence-electron chi connectivity index (χ1n) is 3.62. The number of methoxy groups -OCH3 is 1. The van der Waals surface area contributed by atoms with Crippen molar-refractivity contribution in [3.63, 3.8) is 0 Å². The van der Waals surface area contributed by atoms with Gasteiger partial charge in [-0.1, -0.05) is 0 Å². The number of rotatable bonds is 2. The molecule has 82 valence electrons. The van der Waals surface area contributed by atoms with Gasteiger partial charge >= 0.3 is 11.7 Å². The molecular weight excluding hydrogens is 246 g/mol. The summed E-state index contributed by atoms with van der Waals surface area (Å²) in [5, 5.41) is 11.1. The summed E-state index contributed by atoms with van der Waals surface area (Å²) in [4.78, 5) is 10.7. The van der Waals surface area contributed by atoms with Gasteiger partial charge in [0.2, 0.25) is 0 Å². The molecule has 1 aromatic rings. The summed E-state index contributed by atoms with van der Waals surface area (Å²) in [6, 6.07) is 1.84. The van der Waals surface area contributed by atoms with E-state index in [-0.39, 0.29) is 9.63 Å². The van der Waals surface area contributed by atoms with Crippen molar-refractivity contribution in [3.05, 3.63) is 29.2 Å². The van der Waals surface area contributed by atoms with Crippen LogP contribution in [0.25, 0.3) is 0 Å². The van der Waals surface area contributed by atoms with Crippen LogP contribution < -0.4 is 4.73 Å². The fraction of sp³-hybridized carbons (Fsp3) is 0.143. The van der Waals surface area contributed by atoms with Gasteiger partial charge in [-0.25, -0.2) is 13.2 Å². The van der Waals surface area contributed by atoms with Gasteiger partial charge in [-0.2, -0.15) is 4.73 Å². The summed E-state index contributed by atoms with van der Waals surface area (Å²) >= 11 is 0. The Bertz CT molecular complexity index is 498. The van der Waals surface area contributed by atoms with Gasteiger partial charge in [-0.15, -0.1) is 0 Å². The van der Waals surface area contributed by atoms with Crippen LogP contribution in [-0.4, -0.2) is 21.5 Å². The van der Waals surface area contributed by atoms with Crippen molar-refractivity contribution < 1.29 is 22.7 Å². The maximum atomic E-state index is 11.1. The quantitative estimate of drug-likeness (QED) is 0.320. The first kappa shape index (κ1) is 11.7. The van der Waals surface area contributed by atoms with E-state index in [9.17, 15) is 18.4 Å². The molecule has 8 heteroatoms. The molecule has 0 aliphatic heterocycles. The molecule has 0 fully saturated rings. The standard InChI is InChI=1S/C7H6ClNO5S/c1-14-7(10)6-4-5(15(8,12)13)2-3-9(6)11/h2-4H,1H3. The predicted molar refractivity (Wildman–Crippen MR) is 49.8 cm³/mol. The number of aromatic nitrogens is 1. The molecule has 0 amide bonds. The molecule has 0 unspecified atom stereocenters. The molecule has 0 radical (unpaired) electrons. The van der Waals surface area contributed by atoms with E-state index in [1.54, 1.807) is 0 Å². The molecule has 1 heterocycles. The van der Waals surface area contributed by atoms with Gasteiger partial charge in [0.1, 0.15) is 0 Å². The van der Waals surface area contributed by atoms with Crippen molar-refractivity contribution in [2.24, 2.45) is 0 Å². The van der Waals surface area contributed by atoms with E-state index in [1.807, 2.05) is 0 Å². The minimum Gasteiger partial charge on any atom is -0.618 e. The number of carbonyl (C=O) groups excluding carboxylic acids is 1. The number of nitrogens with zero attached hydrogens (tertiary/aromatic N) is 1. The zero-order chi connectivity index (χ0) is 11.6. The zero-order valence-electron chi connectivity index (χ0n) is 7.51. The lowest BCUT2D eigenvalue weighted by Crippen LogP contribution is -2.34. The van der Waals surface area contributed by atoms with Gasteiger partial charge in [-0.3, -0.25) is 0 Å². The lowest BCUT2D eigenvalue weighted by molar-refractivity contribution is -0.608. The normalized spacial score (nSPS) is 11.1. The molecule has 0 saturated heterocycles. The lowest BCUT2D eigenvalue weighted by atomic mass is 10.3. The molecule has 0 aliphatic carbocycles. The lowest BCUT2D eigenvalue weighted by Gasteiger charge is -2.03. The van der Waals surface area contributed by atoms with Crippen LogP contribution in [0.1, 0.15) is 10.5 Å². The number of esters is 1.